The molecule has 0 atom stereocenters. The summed E-state index contributed by atoms with van der Waals surface area (Å²) in [4.78, 5) is 21.9. The molecule has 0 aromatic heterocycles. The van der Waals surface area contributed by atoms with Crippen molar-refractivity contribution >= 4 is 17.3 Å². The van der Waals surface area contributed by atoms with Gasteiger partial charge in [-0.25, -0.2) is 0 Å². The molecule has 21 heavy (non-hydrogen) atoms. The van der Waals surface area contributed by atoms with Crippen molar-refractivity contribution in [3.05, 3.63) is 63.7 Å². The Morgan fingerprint density at radius 3 is 2.48 bits per heavy atom. The van der Waals surface area contributed by atoms with Gasteiger partial charge >= 0.3 is 0 Å². The minimum atomic E-state index is -0.483. The van der Waals surface area contributed by atoms with Crippen LogP contribution < -0.4 is 5.32 Å². The molecule has 0 radical (unpaired) electrons. The number of rotatable bonds is 4. The number of phenolic OH excluding ortho intramolecular Hbond substituents is 1. The van der Waals surface area contributed by atoms with Crippen LogP contribution in [0.15, 0.2) is 42.5 Å². The third-order valence-corrected chi connectivity index (χ3v) is 2.99. The minimum Gasteiger partial charge on any atom is -0.508 e. The molecule has 2 N–H and O–H groups in total. The molecular formula is C15H14N2O4. The number of carbonyl (C=O) groups excluding carboxylic acids is 1. The van der Waals surface area contributed by atoms with Gasteiger partial charge in [0.1, 0.15) is 5.75 Å². The highest BCUT2D eigenvalue weighted by atomic mass is 16.6. The minimum absolute atomic E-state index is 0.00619. The molecule has 0 bridgehead atoms. The van der Waals surface area contributed by atoms with E-state index in [9.17, 15) is 20.0 Å². The first-order valence-electron chi connectivity index (χ1n) is 6.28. The molecule has 0 saturated heterocycles. The van der Waals surface area contributed by atoms with Gasteiger partial charge in [-0.3, -0.25) is 14.9 Å². The molecule has 0 heterocycles. The lowest BCUT2D eigenvalue weighted by molar-refractivity contribution is -0.384. The van der Waals surface area contributed by atoms with Gasteiger partial charge in [-0.1, -0.05) is 12.1 Å². The van der Waals surface area contributed by atoms with Gasteiger partial charge < -0.3 is 10.4 Å². The van der Waals surface area contributed by atoms with Crippen LogP contribution in [-0.4, -0.2) is 15.9 Å². The van der Waals surface area contributed by atoms with Crippen molar-refractivity contribution < 1.29 is 14.8 Å². The maximum atomic E-state index is 11.9. The predicted octanol–water partition coefficient (Wildman–Crippen LogP) is 2.79. The smallest absolute Gasteiger partial charge is 0.269 e. The topological polar surface area (TPSA) is 92.5 Å². The lowest BCUT2D eigenvalue weighted by Gasteiger charge is -2.07. The predicted molar refractivity (Wildman–Crippen MR) is 78.3 cm³/mol. The van der Waals surface area contributed by atoms with Gasteiger partial charge in [0.25, 0.3) is 5.69 Å². The largest absolute Gasteiger partial charge is 0.508 e. The molecule has 0 aliphatic carbocycles. The first kappa shape index (κ1) is 14.5. The number of benzene rings is 2. The molecule has 2 aromatic rings. The Bertz CT molecular complexity index is 681. The number of non-ortho nitro benzene ring substituents is 1. The lowest BCUT2D eigenvalue weighted by Crippen LogP contribution is -2.14. The van der Waals surface area contributed by atoms with Crippen LogP contribution in [0.5, 0.6) is 5.75 Å². The summed E-state index contributed by atoms with van der Waals surface area (Å²) in [6.07, 6.45) is 0.123. The summed E-state index contributed by atoms with van der Waals surface area (Å²) in [5.41, 5.74) is 1.95. The molecule has 0 aliphatic rings. The Kier molecular flexibility index (Phi) is 4.18. The lowest BCUT2D eigenvalue weighted by atomic mass is 10.1. The number of nitro groups is 1. The van der Waals surface area contributed by atoms with Gasteiger partial charge in [-0.05, 0) is 36.2 Å². The number of hydrogen-bond acceptors (Lipinski definition) is 4. The second kappa shape index (κ2) is 6.04. The number of anilines is 1. The summed E-state index contributed by atoms with van der Waals surface area (Å²) in [7, 11) is 0. The highest BCUT2D eigenvalue weighted by Crippen LogP contribution is 2.20. The van der Waals surface area contributed by atoms with Crippen molar-refractivity contribution in [3.63, 3.8) is 0 Å². The van der Waals surface area contributed by atoms with Crippen LogP contribution in [0.3, 0.4) is 0 Å². The Morgan fingerprint density at radius 2 is 1.90 bits per heavy atom. The Balaban J connectivity index is 2.01. The molecule has 0 aliphatic heterocycles. The highest BCUT2D eigenvalue weighted by molar-refractivity contribution is 5.92. The van der Waals surface area contributed by atoms with Crippen LogP contribution >= 0.6 is 0 Å². The van der Waals surface area contributed by atoms with Crippen molar-refractivity contribution in [1.29, 1.82) is 0 Å². The molecule has 2 aromatic carbocycles. The number of nitrogens with one attached hydrogen (secondary N) is 1. The molecular weight excluding hydrogens is 272 g/mol. The van der Waals surface area contributed by atoms with Crippen molar-refractivity contribution in [3.8, 4) is 5.75 Å². The van der Waals surface area contributed by atoms with Crippen molar-refractivity contribution in [2.45, 2.75) is 13.3 Å². The Labute approximate surface area is 121 Å². The number of nitro benzene ring substituents is 1. The van der Waals surface area contributed by atoms with Crippen LogP contribution in [0.1, 0.15) is 11.1 Å². The SMILES string of the molecule is Cc1cc(NC(=O)Cc2ccc([N+](=O)[O-])cc2)ccc1O. The monoisotopic (exact) mass is 286 g/mol. The third kappa shape index (κ3) is 3.79. The zero-order valence-corrected chi connectivity index (χ0v) is 11.4. The number of nitrogens with zero attached hydrogens (tertiary/aromatic N) is 1. The van der Waals surface area contributed by atoms with Gasteiger partial charge in [0.15, 0.2) is 0 Å². The number of aromatic hydroxyl groups is 1. The number of hydrogen-bond donors (Lipinski definition) is 2. The van der Waals surface area contributed by atoms with Crippen molar-refractivity contribution in [2.75, 3.05) is 5.32 Å². The van der Waals surface area contributed by atoms with Gasteiger partial charge in [-0.2, -0.15) is 0 Å². The normalized spacial score (nSPS) is 10.1. The number of carbonyl (C=O) groups is 1. The van der Waals surface area contributed by atoms with E-state index in [1.807, 2.05) is 0 Å². The fraction of sp³-hybridized carbons (Fsp3) is 0.133. The van der Waals surface area contributed by atoms with Crippen LogP contribution in [0.4, 0.5) is 11.4 Å². The third-order valence-electron chi connectivity index (χ3n) is 2.99. The second-order valence-electron chi connectivity index (χ2n) is 4.65. The van der Waals surface area contributed by atoms with E-state index >= 15 is 0 Å². The maximum absolute atomic E-state index is 11.9. The van der Waals surface area contributed by atoms with E-state index in [4.69, 9.17) is 0 Å². The van der Waals surface area contributed by atoms with Crippen LogP contribution in [0.2, 0.25) is 0 Å². The molecule has 0 saturated carbocycles. The van der Waals surface area contributed by atoms with Crippen molar-refractivity contribution in [1.82, 2.24) is 0 Å². The van der Waals surface area contributed by atoms with Crippen LogP contribution in [0, 0.1) is 17.0 Å². The van der Waals surface area contributed by atoms with E-state index in [0.717, 1.165) is 0 Å². The number of aryl methyl sites for hydroxylation is 1. The number of amides is 1. The van der Waals surface area contributed by atoms with Gasteiger partial charge in [-0.15, -0.1) is 0 Å². The van der Waals surface area contributed by atoms with E-state index in [-0.39, 0.29) is 23.8 Å². The molecule has 6 nitrogen and oxygen atoms in total. The standard InChI is InChI=1S/C15H14N2O4/c1-10-8-12(4-7-14(10)18)16-15(19)9-11-2-5-13(6-3-11)17(20)21/h2-8,18H,9H2,1H3,(H,16,19). The highest BCUT2D eigenvalue weighted by Gasteiger charge is 2.08. The molecule has 1 amide bonds. The fourth-order valence-corrected chi connectivity index (χ4v) is 1.86. The Morgan fingerprint density at radius 1 is 1.24 bits per heavy atom. The molecule has 0 unspecified atom stereocenters. The van der Waals surface area contributed by atoms with E-state index in [0.29, 0.717) is 16.8 Å². The first-order chi connectivity index (χ1) is 9.95. The quantitative estimate of drug-likeness (QED) is 0.513. The summed E-state index contributed by atoms with van der Waals surface area (Å²) in [5.74, 6) is -0.0580. The summed E-state index contributed by atoms with van der Waals surface area (Å²) < 4.78 is 0. The Hall–Kier alpha value is -2.89. The fourth-order valence-electron chi connectivity index (χ4n) is 1.86. The zero-order valence-electron chi connectivity index (χ0n) is 11.4. The van der Waals surface area contributed by atoms with E-state index in [1.54, 1.807) is 31.2 Å². The maximum Gasteiger partial charge on any atom is 0.269 e. The molecule has 108 valence electrons. The first-order valence-corrected chi connectivity index (χ1v) is 6.28. The summed E-state index contributed by atoms with van der Waals surface area (Å²) in [5, 5.41) is 22.7. The van der Waals surface area contributed by atoms with Crippen molar-refractivity contribution in [2.24, 2.45) is 0 Å². The summed E-state index contributed by atoms with van der Waals surface area (Å²) in [6, 6.07) is 10.6. The van der Waals surface area contributed by atoms with Gasteiger partial charge in [0.2, 0.25) is 5.91 Å². The molecule has 6 heteroatoms. The average molecular weight is 286 g/mol. The number of phenols is 1. The van der Waals surface area contributed by atoms with E-state index < -0.39 is 4.92 Å². The van der Waals surface area contributed by atoms with Crippen LogP contribution in [0.25, 0.3) is 0 Å². The van der Waals surface area contributed by atoms with Crippen LogP contribution in [-0.2, 0) is 11.2 Å². The second-order valence-corrected chi connectivity index (χ2v) is 4.65. The van der Waals surface area contributed by atoms with Gasteiger partial charge in [0, 0.05) is 17.8 Å². The summed E-state index contributed by atoms with van der Waals surface area (Å²) >= 11 is 0. The van der Waals surface area contributed by atoms with E-state index in [2.05, 4.69) is 5.32 Å². The molecule has 0 fully saturated rings. The molecule has 0 spiro atoms. The summed E-state index contributed by atoms with van der Waals surface area (Å²) in [6.45, 7) is 1.74. The van der Waals surface area contributed by atoms with Gasteiger partial charge in [0.05, 0.1) is 11.3 Å². The average Bonchev–Trinajstić information content (AvgIpc) is 2.43. The zero-order chi connectivity index (χ0) is 15.4. The molecule has 2 rings (SSSR count). The van der Waals surface area contributed by atoms with E-state index in [1.165, 1.54) is 18.2 Å².